The van der Waals surface area contributed by atoms with E-state index in [2.05, 4.69) is 10.3 Å². The summed E-state index contributed by atoms with van der Waals surface area (Å²) in [6, 6.07) is 7.68. The number of aromatic nitrogens is 1. The van der Waals surface area contributed by atoms with Crippen molar-refractivity contribution in [3.05, 3.63) is 35.5 Å². The molecule has 0 aliphatic rings. The Kier molecular flexibility index (Phi) is 4.18. The quantitative estimate of drug-likeness (QED) is 0.827. The van der Waals surface area contributed by atoms with Crippen molar-refractivity contribution in [3.8, 4) is 0 Å². The number of benzene rings is 1. The number of pyridine rings is 1. The first-order valence-electron chi connectivity index (χ1n) is 5.67. The van der Waals surface area contributed by atoms with E-state index in [-0.39, 0.29) is 0 Å². The van der Waals surface area contributed by atoms with Crippen LogP contribution in [0.4, 0.5) is 5.69 Å². The number of ether oxygens (including phenoxy) is 1. The van der Waals surface area contributed by atoms with Gasteiger partial charge in [-0.3, -0.25) is 4.98 Å². The molecule has 0 spiro atoms. The van der Waals surface area contributed by atoms with Crippen LogP contribution < -0.4 is 5.32 Å². The van der Waals surface area contributed by atoms with Crippen LogP contribution in [0.2, 0.25) is 5.02 Å². The minimum absolute atomic E-state index is 0.702. The zero-order valence-corrected chi connectivity index (χ0v) is 10.5. The Morgan fingerprint density at radius 2 is 2.24 bits per heavy atom. The summed E-state index contributed by atoms with van der Waals surface area (Å²) in [7, 11) is 0. The number of hydrogen-bond donors (Lipinski definition) is 1. The highest BCUT2D eigenvalue weighted by molar-refractivity contribution is 6.31. The van der Waals surface area contributed by atoms with Gasteiger partial charge in [-0.25, -0.2) is 0 Å². The highest BCUT2D eigenvalue weighted by Gasteiger charge is 2.01. The highest BCUT2D eigenvalue weighted by atomic mass is 35.5. The molecular formula is C13H15ClN2O. The van der Waals surface area contributed by atoms with Crippen LogP contribution in [0.3, 0.4) is 0 Å². The van der Waals surface area contributed by atoms with Gasteiger partial charge in [-0.2, -0.15) is 0 Å². The fourth-order valence-corrected chi connectivity index (χ4v) is 1.84. The van der Waals surface area contributed by atoms with Crippen molar-refractivity contribution in [2.75, 3.05) is 25.1 Å². The third-order valence-corrected chi connectivity index (χ3v) is 2.71. The van der Waals surface area contributed by atoms with Crippen molar-refractivity contribution < 1.29 is 4.74 Å². The average Bonchev–Trinajstić information content (AvgIpc) is 2.34. The van der Waals surface area contributed by atoms with E-state index in [4.69, 9.17) is 16.3 Å². The molecule has 0 saturated carbocycles. The van der Waals surface area contributed by atoms with Crippen LogP contribution in [0.15, 0.2) is 30.5 Å². The minimum atomic E-state index is 0.702. The van der Waals surface area contributed by atoms with Crippen LogP contribution in [0.5, 0.6) is 0 Å². The van der Waals surface area contributed by atoms with E-state index in [1.54, 1.807) is 6.20 Å². The summed E-state index contributed by atoms with van der Waals surface area (Å²) in [4.78, 5) is 4.29. The van der Waals surface area contributed by atoms with E-state index in [1.165, 1.54) is 0 Å². The topological polar surface area (TPSA) is 34.1 Å². The number of halogens is 1. The molecule has 3 nitrogen and oxygen atoms in total. The fourth-order valence-electron chi connectivity index (χ4n) is 1.68. The second kappa shape index (κ2) is 5.84. The van der Waals surface area contributed by atoms with E-state index < -0.39 is 0 Å². The van der Waals surface area contributed by atoms with Crippen molar-refractivity contribution >= 4 is 28.2 Å². The van der Waals surface area contributed by atoms with Gasteiger partial charge in [-0.1, -0.05) is 11.6 Å². The molecule has 0 atom stereocenters. The van der Waals surface area contributed by atoms with Gasteiger partial charge in [0.25, 0.3) is 0 Å². The number of rotatable bonds is 5. The molecule has 17 heavy (non-hydrogen) atoms. The fraction of sp³-hybridized carbons (Fsp3) is 0.308. The predicted molar refractivity (Wildman–Crippen MR) is 71.7 cm³/mol. The Morgan fingerprint density at radius 1 is 1.35 bits per heavy atom. The predicted octanol–water partition coefficient (Wildman–Crippen LogP) is 3.34. The largest absolute Gasteiger partial charge is 0.382 e. The number of nitrogens with zero attached hydrogens (tertiary/aromatic N) is 1. The standard InChI is InChI=1S/C13H15ClN2O/c1-2-17-8-7-16-12-5-6-15-13-9-10(14)3-4-11(12)13/h3-6,9H,2,7-8H2,1H3,(H,15,16). The van der Waals surface area contributed by atoms with Gasteiger partial charge in [0.15, 0.2) is 0 Å². The van der Waals surface area contributed by atoms with E-state index in [0.717, 1.165) is 29.7 Å². The van der Waals surface area contributed by atoms with Gasteiger partial charge in [-0.05, 0) is 31.2 Å². The summed E-state index contributed by atoms with van der Waals surface area (Å²) >= 11 is 5.94. The lowest BCUT2D eigenvalue weighted by Crippen LogP contribution is -2.09. The van der Waals surface area contributed by atoms with E-state index in [0.29, 0.717) is 11.6 Å². The molecule has 90 valence electrons. The summed E-state index contributed by atoms with van der Waals surface area (Å²) in [5.74, 6) is 0. The first kappa shape index (κ1) is 12.1. The second-order valence-corrected chi connectivity index (χ2v) is 4.08. The molecule has 0 bridgehead atoms. The van der Waals surface area contributed by atoms with Gasteiger partial charge < -0.3 is 10.1 Å². The monoisotopic (exact) mass is 250 g/mol. The van der Waals surface area contributed by atoms with Gasteiger partial charge in [0.1, 0.15) is 0 Å². The van der Waals surface area contributed by atoms with Crippen molar-refractivity contribution in [1.82, 2.24) is 4.98 Å². The van der Waals surface area contributed by atoms with Gasteiger partial charge in [0.05, 0.1) is 12.1 Å². The number of nitrogens with one attached hydrogen (secondary N) is 1. The van der Waals surface area contributed by atoms with E-state index in [1.807, 2.05) is 31.2 Å². The van der Waals surface area contributed by atoms with E-state index >= 15 is 0 Å². The molecule has 0 radical (unpaired) electrons. The normalized spacial score (nSPS) is 10.7. The average molecular weight is 251 g/mol. The minimum Gasteiger partial charge on any atom is -0.382 e. The third kappa shape index (κ3) is 3.08. The van der Waals surface area contributed by atoms with Crippen LogP contribution in [-0.4, -0.2) is 24.7 Å². The van der Waals surface area contributed by atoms with Crippen LogP contribution in [-0.2, 0) is 4.74 Å². The lowest BCUT2D eigenvalue weighted by Gasteiger charge is -2.09. The van der Waals surface area contributed by atoms with Crippen molar-refractivity contribution in [3.63, 3.8) is 0 Å². The Hall–Kier alpha value is -1.32. The van der Waals surface area contributed by atoms with Crippen LogP contribution >= 0.6 is 11.6 Å². The number of hydrogen-bond acceptors (Lipinski definition) is 3. The SMILES string of the molecule is CCOCCNc1ccnc2cc(Cl)ccc12. The van der Waals surface area contributed by atoms with Crippen LogP contribution in [0.1, 0.15) is 6.92 Å². The van der Waals surface area contributed by atoms with Gasteiger partial charge >= 0.3 is 0 Å². The molecule has 0 aliphatic carbocycles. The Labute approximate surface area is 106 Å². The number of anilines is 1. The summed E-state index contributed by atoms with van der Waals surface area (Å²) in [6.07, 6.45) is 1.78. The van der Waals surface area contributed by atoms with E-state index in [9.17, 15) is 0 Å². The molecule has 4 heteroatoms. The molecule has 1 aromatic heterocycles. The van der Waals surface area contributed by atoms with Crippen LogP contribution in [0, 0.1) is 0 Å². The summed E-state index contributed by atoms with van der Waals surface area (Å²) < 4.78 is 5.29. The van der Waals surface area contributed by atoms with Crippen LogP contribution in [0.25, 0.3) is 10.9 Å². The van der Waals surface area contributed by atoms with Gasteiger partial charge in [0.2, 0.25) is 0 Å². The Bertz CT molecular complexity index is 502. The molecule has 0 aliphatic heterocycles. The van der Waals surface area contributed by atoms with Crippen molar-refractivity contribution in [1.29, 1.82) is 0 Å². The highest BCUT2D eigenvalue weighted by Crippen LogP contribution is 2.23. The molecule has 1 heterocycles. The maximum Gasteiger partial charge on any atom is 0.0737 e. The summed E-state index contributed by atoms with van der Waals surface area (Å²) in [5, 5.41) is 5.12. The first-order chi connectivity index (χ1) is 8.31. The lowest BCUT2D eigenvalue weighted by atomic mass is 10.2. The molecule has 0 unspecified atom stereocenters. The molecule has 1 aromatic carbocycles. The lowest BCUT2D eigenvalue weighted by molar-refractivity contribution is 0.158. The van der Waals surface area contributed by atoms with Gasteiger partial charge in [0, 0.05) is 35.4 Å². The molecule has 1 N–H and O–H groups in total. The van der Waals surface area contributed by atoms with Crippen molar-refractivity contribution in [2.45, 2.75) is 6.92 Å². The molecular weight excluding hydrogens is 236 g/mol. The Morgan fingerprint density at radius 3 is 3.06 bits per heavy atom. The maximum atomic E-state index is 5.94. The molecule has 2 rings (SSSR count). The smallest absolute Gasteiger partial charge is 0.0737 e. The zero-order valence-electron chi connectivity index (χ0n) is 9.74. The van der Waals surface area contributed by atoms with Crippen molar-refractivity contribution in [2.24, 2.45) is 0 Å². The molecule has 2 aromatic rings. The molecule has 0 saturated heterocycles. The molecule has 0 amide bonds. The second-order valence-electron chi connectivity index (χ2n) is 3.64. The van der Waals surface area contributed by atoms with Gasteiger partial charge in [-0.15, -0.1) is 0 Å². The Balaban J connectivity index is 2.16. The summed E-state index contributed by atoms with van der Waals surface area (Å²) in [5.41, 5.74) is 1.96. The third-order valence-electron chi connectivity index (χ3n) is 2.47. The zero-order chi connectivity index (χ0) is 12.1. The first-order valence-corrected chi connectivity index (χ1v) is 6.05. The summed E-state index contributed by atoms with van der Waals surface area (Å²) in [6.45, 7) is 4.22. The number of fused-ring (bicyclic) bond motifs is 1. The molecule has 0 fully saturated rings. The maximum absolute atomic E-state index is 5.94.